The zero-order valence-electron chi connectivity index (χ0n) is 12.8. The number of rotatable bonds is 2. The first-order valence-electron chi connectivity index (χ1n) is 7.74. The lowest BCUT2D eigenvalue weighted by Gasteiger charge is -2.07. The van der Waals surface area contributed by atoms with Crippen molar-refractivity contribution in [1.29, 1.82) is 0 Å². The normalized spacial score (nSPS) is 11.1. The van der Waals surface area contributed by atoms with Crippen molar-refractivity contribution in [2.75, 3.05) is 11.5 Å². The Morgan fingerprint density at radius 3 is 1.35 bits per heavy atom. The minimum atomic E-state index is 0.805. The van der Waals surface area contributed by atoms with E-state index in [-0.39, 0.29) is 0 Å². The minimum absolute atomic E-state index is 0.805. The monoisotopic (exact) mass is 298 g/mol. The Morgan fingerprint density at radius 1 is 0.478 bits per heavy atom. The summed E-state index contributed by atoms with van der Waals surface area (Å²) in [6.45, 7) is 0. The summed E-state index contributed by atoms with van der Waals surface area (Å²) in [6, 6.07) is 25.2. The van der Waals surface area contributed by atoms with Gasteiger partial charge in [-0.25, -0.2) is 0 Å². The highest BCUT2D eigenvalue weighted by atomic mass is 14.5. The Labute approximate surface area is 135 Å². The van der Waals surface area contributed by atoms with Gasteiger partial charge in [0.15, 0.2) is 0 Å². The quantitative estimate of drug-likeness (QED) is 0.525. The van der Waals surface area contributed by atoms with Gasteiger partial charge in [0.25, 0.3) is 0 Å². The molecule has 0 aromatic heterocycles. The predicted molar refractivity (Wildman–Crippen MR) is 99.5 cm³/mol. The van der Waals surface area contributed by atoms with Crippen LogP contribution in [-0.2, 0) is 6.42 Å². The van der Waals surface area contributed by atoms with E-state index < -0.39 is 0 Å². The Morgan fingerprint density at radius 2 is 0.870 bits per heavy atom. The summed E-state index contributed by atoms with van der Waals surface area (Å²) in [6.07, 6.45) is 0.917. The molecule has 112 valence electrons. The maximum atomic E-state index is 5.84. The van der Waals surface area contributed by atoms with Gasteiger partial charge in [0.05, 0.1) is 0 Å². The third-order valence-corrected chi connectivity index (χ3v) is 4.27. The lowest BCUT2D eigenvalue weighted by atomic mass is 9.99. The maximum Gasteiger partial charge on any atom is 0.0320 e. The standard InChI is InChI=1S/C21H18N2/c22-20-7-5-16-10-14(1-3-18(16)12-20)9-15-2-4-19-13-21(23)8-6-17(19)11-15/h1-8,10-13H,9,22-23H2. The minimum Gasteiger partial charge on any atom is -0.399 e. The summed E-state index contributed by atoms with van der Waals surface area (Å²) < 4.78 is 0. The number of fused-ring (bicyclic) bond motifs is 2. The second kappa shape index (κ2) is 5.33. The molecule has 0 bridgehead atoms. The Balaban J connectivity index is 1.69. The molecule has 0 aliphatic carbocycles. The first-order chi connectivity index (χ1) is 11.2. The number of nitrogen functional groups attached to an aromatic ring is 2. The molecule has 0 atom stereocenters. The van der Waals surface area contributed by atoms with Crippen LogP contribution in [0.5, 0.6) is 0 Å². The number of hydrogen-bond donors (Lipinski definition) is 2. The van der Waals surface area contributed by atoms with E-state index in [1.807, 2.05) is 24.3 Å². The van der Waals surface area contributed by atoms with Gasteiger partial charge in [0.2, 0.25) is 0 Å². The second-order valence-corrected chi connectivity index (χ2v) is 6.06. The Kier molecular flexibility index (Phi) is 3.16. The SMILES string of the molecule is Nc1ccc2cc(Cc3ccc4cc(N)ccc4c3)ccc2c1. The van der Waals surface area contributed by atoms with Crippen molar-refractivity contribution in [2.45, 2.75) is 6.42 Å². The summed E-state index contributed by atoms with van der Waals surface area (Å²) in [7, 11) is 0. The van der Waals surface area contributed by atoms with Gasteiger partial charge in [-0.1, -0.05) is 48.5 Å². The van der Waals surface area contributed by atoms with Gasteiger partial charge in [-0.15, -0.1) is 0 Å². The van der Waals surface area contributed by atoms with Gasteiger partial charge in [0, 0.05) is 11.4 Å². The summed E-state index contributed by atoms with van der Waals surface area (Å²) in [5.74, 6) is 0. The molecule has 4 aromatic rings. The molecule has 0 fully saturated rings. The zero-order chi connectivity index (χ0) is 15.8. The Bertz CT molecular complexity index is 935. The highest BCUT2D eigenvalue weighted by molar-refractivity contribution is 5.87. The highest BCUT2D eigenvalue weighted by Gasteiger charge is 2.02. The number of hydrogen-bond acceptors (Lipinski definition) is 2. The number of benzene rings is 4. The molecule has 2 nitrogen and oxygen atoms in total. The van der Waals surface area contributed by atoms with Crippen LogP contribution in [0.3, 0.4) is 0 Å². The van der Waals surface area contributed by atoms with Crippen molar-refractivity contribution in [3.8, 4) is 0 Å². The fraction of sp³-hybridized carbons (Fsp3) is 0.0476. The van der Waals surface area contributed by atoms with Crippen LogP contribution < -0.4 is 11.5 Å². The summed E-state index contributed by atoms with van der Waals surface area (Å²) in [5.41, 5.74) is 15.9. The first kappa shape index (κ1) is 13.6. The van der Waals surface area contributed by atoms with E-state index in [2.05, 4.69) is 48.5 Å². The largest absolute Gasteiger partial charge is 0.399 e. The summed E-state index contributed by atoms with van der Waals surface area (Å²) in [5, 5.41) is 4.82. The fourth-order valence-corrected chi connectivity index (χ4v) is 3.08. The van der Waals surface area contributed by atoms with Gasteiger partial charge in [-0.2, -0.15) is 0 Å². The lowest BCUT2D eigenvalue weighted by Crippen LogP contribution is -1.90. The van der Waals surface area contributed by atoms with Crippen LogP contribution in [0.25, 0.3) is 21.5 Å². The molecule has 0 aliphatic rings. The van der Waals surface area contributed by atoms with Gasteiger partial charge < -0.3 is 11.5 Å². The lowest BCUT2D eigenvalue weighted by molar-refractivity contribution is 1.21. The van der Waals surface area contributed by atoms with Crippen LogP contribution >= 0.6 is 0 Å². The van der Waals surface area contributed by atoms with Crippen LogP contribution in [0.15, 0.2) is 72.8 Å². The molecule has 0 radical (unpaired) electrons. The van der Waals surface area contributed by atoms with Crippen molar-refractivity contribution in [3.05, 3.63) is 83.9 Å². The predicted octanol–water partition coefficient (Wildman–Crippen LogP) is 4.75. The molecule has 23 heavy (non-hydrogen) atoms. The van der Waals surface area contributed by atoms with Gasteiger partial charge in [-0.3, -0.25) is 0 Å². The van der Waals surface area contributed by atoms with E-state index in [0.717, 1.165) is 17.8 Å². The molecule has 4 rings (SSSR count). The topological polar surface area (TPSA) is 52.0 Å². The van der Waals surface area contributed by atoms with E-state index in [0.29, 0.717) is 0 Å². The number of anilines is 2. The molecular weight excluding hydrogens is 280 g/mol. The van der Waals surface area contributed by atoms with E-state index >= 15 is 0 Å². The molecule has 0 saturated heterocycles. The van der Waals surface area contributed by atoms with Gasteiger partial charge >= 0.3 is 0 Å². The fourth-order valence-electron chi connectivity index (χ4n) is 3.08. The van der Waals surface area contributed by atoms with E-state index in [4.69, 9.17) is 11.5 Å². The van der Waals surface area contributed by atoms with Gasteiger partial charge in [0.1, 0.15) is 0 Å². The number of nitrogens with two attached hydrogens (primary N) is 2. The van der Waals surface area contributed by atoms with Crippen LogP contribution in [0.4, 0.5) is 11.4 Å². The van der Waals surface area contributed by atoms with Crippen molar-refractivity contribution in [3.63, 3.8) is 0 Å². The molecule has 0 saturated carbocycles. The Hall–Kier alpha value is -3.00. The summed E-state index contributed by atoms with van der Waals surface area (Å²) in [4.78, 5) is 0. The molecule has 0 amide bonds. The average molecular weight is 298 g/mol. The van der Waals surface area contributed by atoms with E-state index in [1.165, 1.54) is 32.7 Å². The summed E-state index contributed by atoms with van der Waals surface area (Å²) >= 11 is 0. The van der Waals surface area contributed by atoms with Gasteiger partial charge in [-0.05, 0) is 63.4 Å². The average Bonchev–Trinajstić information content (AvgIpc) is 2.55. The molecule has 0 heterocycles. The molecular formula is C21H18N2. The molecule has 2 heteroatoms. The second-order valence-electron chi connectivity index (χ2n) is 6.06. The molecule has 0 aliphatic heterocycles. The third kappa shape index (κ3) is 2.71. The third-order valence-electron chi connectivity index (χ3n) is 4.27. The molecule has 4 aromatic carbocycles. The maximum absolute atomic E-state index is 5.84. The van der Waals surface area contributed by atoms with Crippen LogP contribution in [0.1, 0.15) is 11.1 Å². The molecule has 0 spiro atoms. The van der Waals surface area contributed by atoms with Crippen LogP contribution in [0, 0.1) is 0 Å². The van der Waals surface area contributed by atoms with E-state index in [1.54, 1.807) is 0 Å². The molecule has 4 N–H and O–H groups in total. The first-order valence-corrected chi connectivity index (χ1v) is 7.74. The van der Waals surface area contributed by atoms with Crippen molar-refractivity contribution in [1.82, 2.24) is 0 Å². The molecule has 0 unspecified atom stereocenters. The smallest absolute Gasteiger partial charge is 0.0320 e. The van der Waals surface area contributed by atoms with Crippen LogP contribution in [0.2, 0.25) is 0 Å². The van der Waals surface area contributed by atoms with Crippen molar-refractivity contribution < 1.29 is 0 Å². The zero-order valence-corrected chi connectivity index (χ0v) is 12.8. The highest BCUT2D eigenvalue weighted by Crippen LogP contribution is 2.23. The van der Waals surface area contributed by atoms with Crippen molar-refractivity contribution >= 4 is 32.9 Å². The van der Waals surface area contributed by atoms with E-state index in [9.17, 15) is 0 Å². The van der Waals surface area contributed by atoms with Crippen molar-refractivity contribution in [2.24, 2.45) is 0 Å². The van der Waals surface area contributed by atoms with Crippen LogP contribution in [-0.4, -0.2) is 0 Å².